The Kier molecular flexibility index (Phi) is 8.05. The summed E-state index contributed by atoms with van der Waals surface area (Å²) >= 11 is 12.0. The molecular weight excluding hydrogens is 479 g/mol. The summed E-state index contributed by atoms with van der Waals surface area (Å²) in [5, 5.41) is 3.76. The first kappa shape index (κ1) is 25.1. The molecule has 8 heteroatoms. The number of hydrogen-bond acceptors (Lipinski definition) is 3. The monoisotopic (exact) mass is 504 g/mol. The second-order valence-electron chi connectivity index (χ2n) is 7.82. The van der Waals surface area contributed by atoms with Crippen LogP contribution >= 0.6 is 23.2 Å². The van der Waals surface area contributed by atoms with E-state index >= 15 is 0 Å². The van der Waals surface area contributed by atoms with Gasteiger partial charge in [0.25, 0.3) is 10.0 Å². The molecule has 0 saturated carbocycles. The number of aryl methyl sites for hydroxylation is 2. The maximum Gasteiger partial charge on any atom is 0.264 e. The molecule has 0 aliphatic carbocycles. The lowest BCUT2D eigenvalue weighted by Crippen LogP contribution is -2.42. The lowest BCUT2D eigenvalue weighted by Gasteiger charge is -2.26. The Morgan fingerprint density at radius 1 is 0.939 bits per heavy atom. The van der Waals surface area contributed by atoms with Crippen LogP contribution in [0.5, 0.6) is 0 Å². The van der Waals surface area contributed by atoms with Crippen LogP contribution in [-0.4, -0.2) is 20.9 Å². The summed E-state index contributed by atoms with van der Waals surface area (Å²) in [5.41, 5.74) is 3.57. The van der Waals surface area contributed by atoms with Crippen molar-refractivity contribution in [3.63, 3.8) is 0 Å². The van der Waals surface area contributed by atoms with E-state index in [2.05, 4.69) is 5.32 Å². The van der Waals surface area contributed by atoms with Crippen LogP contribution in [0.15, 0.2) is 71.6 Å². The maximum absolute atomic E-state index is 13.5. The molecule has 0 spiro atoms. The highest BCUT2D eigenvalue weighted by Crippen LogP contribution is 2.27. The number of anilines is 1. The van der Waals surface area contributed by atoms with Crippen molar-refractivity contribution in [1.82, 2.24) is 5.32 Å². The normalized spacial score (nSPS) is 12.3. The predicted octanol–water partition coefficient (Wildman–Crippen LogP) is 6.07. The van der Waals surface area contributed by atoms with Crippen molar-refractivity contribution in [3.05, 3.63) is 93.5 Å². The Balaban J connectivity index is 1.91. The average Bonchev–Trinajstić information content (AvgIpc) is 2.78. The molecule has 0 saturated heterocycles. The molecule has 5 nitrogen and oxygen atoms in total. The molecule has 0 aliphatic heterocycles. The number of carbonyl (C=O) groups excluding carboxylic acids is 1. The van der Waals surface area contributed by atoms with Crippen LogP contribution in [0.25, 0.3) is 0 Å². The second kappa shape index (κ2) is 10.6. The van der Waals surface area contributed by atoms with Crippen LogP contribution in [0.3, 0.4) is 0 Å². The molecule has 3 rings (SSSR count). The highest BCUT2D eigenvalue weighted by Gasteiger charge is 2.28. The van der Waals surface area contributed by atoms with Gasteiger partial charge in [-0.3, -0.25) is 9.10 Å². The van der Waals surface area contributed by atoms with E-state index in [1.165, 1.54) is 35.9 Å². The van der Waals surface area contributed by atoms with Gasteiger partial charge in [-0.25, -0.2) is 8.42 Å². The van der Waals surface area contributed by atoms with Crippen LogP contribution in [0.4, 0.5) is 5.69 Å². The number of hydrogen-bond donors (Lipinski definition) is 1. The molecule has 1 amide bonds. The van der Waals surface area contributed by atoms with Crippen molar-refractivity contribution in [3.8, 4) is 0 Å². The van der Waals surface area contributed by atoms with Gasteiger partial charge in [-0.05, 0) is 79.4 Å². The first-order valence-electron chi connectivity index (χ1n) is 10.5. The Labute approximate surface area is 205 Å². The average molecular weight is 505 g/mol. The fraction of sp³-hybridized carbons (Fsp3) is 0.240. The fourth-order valence-electron chi connectivity index (χ4n) is 3.45. The van der Waals surface area contributed by atoms with Crippen molar-refractivity contribution in [2.24, 2.45) is 0 Å². The lowest BCUT2D eigenvalue weighted by molar-refractivity contribution is -0.120. The summed E-state index contributed by atoms with van der Waals surface area (Å²) in [6.07, 6.45) is 0.662. The molecule has 174 valence electrons. The summed E-state index contributed by atoms with van der Waals surface area (Å²) in [6.45, 7) is 5.63. The summed E-state index contributed by atoms with van der Waals surface area (Å²) in [7, 11) is -4.05. The number of sulfonamides is 1. The van der Waals surface area contributed by atoms with Gasteiger partial charge in [0, 0.05) is 10.0 Å². The fourth-order valence-corrected chi connectivity index (χ4v) is 5.18. The number of amides is 1. The van der Waals surface area contributed by atoms with E-state index in [0.717, 1.165) is 15.4 Å². The zero-order valence-electron chi connectivity index (χ0n) is 18.7. The molecule has 3 aromatic rings. The summed E-state index contributed by atoms with van der Waals surface area (Å²) in [4.78, 5) is 13.1. The smallest absolute Gasteiger partial charge is 0.264 e. The predicted molar refractivity (Wildman–Crippen MR) is 135 cm³/mol. The first-order chi connectivity index (χ1) is 15.6. The molecule has 0 aromatic heterocycles. The lowest BCUT2D eigenvalue weighted by atomic mass is 9.99. The van der Waals surface area contributed by atoms with Gasteiger partial charge in [0.2, 0.25) is 5.91 Å². The van der Waals surface area contributed by atoms with Crippen molar-refractivity contribution in [2.75, 3.05) is 10.8 Å². The zero-order chi connectivity index (χ0) is 24.2. The quantitative estimate of drug-likeness (QED) is 0.404. The van der Waals surface area contributed by atoms with Gasteiger partial charge in [0.1, 0.15) is 6.54 Å². The van der Waals surface area contributed by atoms with Crippen LogP contribution in [0, 0.1) is 13.8 Å². The number of carbonyl (C=O) groups is 1. The Hall–Kier alpha value is -2.54. The Morgan fingerprint density at radius 2 is 1.64 bits per heavy atom. The largest absolute Gasteiger partial charge is 0.348 e. The minimum absolute atomic E-state index is 0.0286. The van der Waals surface area contributed by atoms with Gasteiger partial charge in [0.15, 0.2) is 0 Å². The number of halogens is 2. The number of benzene rings is 3. The molecule has 0 aliphatic rings. The minimum Gasteiger partial charge on any atom is -0.348 e. The van der Waals surface area contributed by atoms with Crippen molar-refractivity contribution in [2.45, 2.75) is 38.1 Å². The van der Waals surface area contributed by atoms with Gasteiger partial charge in [0.05, 0.1) is 16.6 Å². The Bertz CT molecular complexity index is 1240. The van der Waals surface area contributed by atoms with E-state index in [1.807, 2.05) is 39.0 Å². The highest BCUT2D eigenvalue weighted by atomic mass is 35.5. The van der Waals surface area contributed by atoms with Crippen LogP contribution in [-0.2, 0) is 14.8 Å². The number of rotatable bonds is 8. The molecule has 0 bridgehead atoms. The van der Waals surface area contributed by atoms with Gasteiger partial charge in [-0.1, -0.05) is 54.4 Å². The third kappa shape index (κ3) is 6.08. The van der Waals surface area contributed by atoms with Crippen molar-refractivity contribution >= 4 is 44.8 Å². The number of nitrogens with zero attached hydrogens (tertiary/aromatic N) is 1. The molecule has 1 N–H and O–H groups in total. The minimum atomic E-state index is -4.05. The molecule has 33 heavy (non-hydrogen) atoms. The van der Waals surface area contributed by atoms with Gasteiger partial charge >= 0.3 is 0 Å². The van der Waals surface area contributed by atoms with E-state index < -0.39 is 22.5 Å². The SMILES string of the molecule is CCC(NC(=O)CN(c1cccc(Cl)c1)S(=O)(=O)c1ccc(Cl)cc1)c1ccc(C)c(C)c1. The molecule has 1 unspecified atom stereocenters. The molecule has 0 fully saturated rings. The third-order valence-electron chi connectivity index (χ3n) is 5.46. The van der Waals surface area contributed by atoms with Crippen LogP contribution < -0.4 is 9.62 Å². The van der Waals surface area contributed by atoms with Crippen molar-refractivity contribution in [1.29, 1.82) is 0 Å². The third-order valence-corrected chi connectivity index (χ3v) is 7.74. The van der Waals surface area contributed by atoms with Crippen LogP contribution in [0.2, 0.25) is 10.0 Å². The van der Waals surface area contributed by atoms with Gasteiger partial charge in [-0.15, -0.1) is 0 Å². The molecule has 3 aromatic carbocycles. The zero-order valence-corrected chi connectivity index (χ0v) is 21.0. The van der Waals surface area contributed by atoms with Crippen LogP contribution in [0.1, 0.15) is 36.1 Å². The second-order valence-corrected chi connectivity index (χ2v) is 10.6. The van der Waals surface area contributed by atoms with Crippen molar-refractivity contribution < 1.29 is 13.2 Å². The molecule has 0 heterocycles. The summed E-state index contributed by atoms with van der Waals surface area (Å²) < 4.78 is 28.0. The molecule has 1 atom stereocenters. The standard InChI is InChI=1S/C25H26Cl2N2O3S/c1-4-24(19-9-8-17(2)18(3)14-19)28-25(30)16-29(22-7-5-6-21(27)15-22)33(31,32)23-12-10-20(26)11-13-23/h5-15,24H,4,16H2,1-3H3,(H,28,30). The topological polar surface area (TPSA) is 66.5 Å². The Morgan fingerprint density at radius 3 is 2.24 bits per heavy atom. The molecular formula is C25H26Cl2N2O3S. The van der Waals surface area contributed by atoms with E-state index in [0.29, 0.717) is 22.2 Å². The summed E-state index contributed by atoms with van der Waals surface area (Å²) in [6, 6.07) is 18.0. The van der Waals surface area contributed by atoms with E-state index in [9.17, 15) is 13.2 Å². The first-order valence-corrected chi connectivity index (χ1v) is 12.7. The van der Waals surface area contributed by atoms with Gasteiger partial charge < -0.3 is 5.32 Å². The highest BCUT2D eigenvalue weighted by molar-refractivity contribution is 7.92. The number of nitrogens with one attached hydrogen (secondary N) is 1. The van der Waals surface area contributed by atoms with E-state index in [-0.39, 0.29) is 10.9 Å². The van der Waals surface area contributed by atoms with E-state index in [1.54, 1.807) is 18.2 Å². The van der Waals surface area contributed by atoms with E-state index in [4.69, 9.17) is 23.2 Å². The molecule has 0 radical (unpaired) electrons. The summed E-state index contributed by atoms with van der Waals surface area (Å²) in [5.74, 6) is -0.419. The van der Waals surface area contributed by atoms with Gasteiger partial charge in [-0.2, -0.15) is 0 Å². The maximum atomic E-state index is 13.5.